The lowest BCUT2D eigenvalue weighted by Crippen LogP contribution is -1.96. The minimum absolute atomic E-state index is 0.272. The Hall–Kier alpha value is -1.77. The van der Waals surface area contributed by atoms with Crippen LogP contribution in [-0.4, -0.2) is 12.6 Å². The highest BCUT2D eigenvalue weighted by Gasteiger charge is 2.01. The Bertz CT molecular complexity index is 442. The first-order valence-electron chi connectivity index (χ1n) is 5.51. The fourth-order valence-electron chi connectivity index (χ4n) is 1.12. The van der Waals surface area contributed by atoms with Crippen LogP contribution >= 0.6 is 0 Å². The summed E-state index contributed by atoms with van der Waals surface area (Å²) in [6.07, 6.45) is 1.78. The van der Waals surface area contributed by atoms with Crippen LogP contribution in [0.1, 0.15) is 26.3 Å². The van der Waals surface area contributed by atoms with E-state index in [0.29, 0.717) is 11.8 Å². The van der Waals surface area contributed by atoms with Crippen molar-refractivity contribution in [2.45, 2.75) is 20.8 Å². The number of halogens is 1. The zero-order chi connectivity index (χ0) is 12.8. The topological polar surface area (TPSA) is 24.7 Å². The lowest BCUT2D eigenvalue weighted by atomic mass is 10.1. The molecule has 0 unspecified atom stereocenters. The monoisotopic (exact) mass is 232 g/mol. The first kappa shape index (κ1) is 13.3. The van der Waals surface area contributed by atoms with Crippen molar-refractivity contribution in [3.8, 4) is 0 Å². The molecule has 0 spiro atoms. The molecule has 90 valence electrons. The van der Waals surface area contributed by atoms with Crippen LogP contribution in [0.15, 0.2) is 46.0 Å². The van der Waals surface area contributed by atoms with Crippen LogP contribution < -0.4 is 0 Å². The van der Waals surface area contributed by atoms with Gasteiger partial charge in [0, 0.05) is 11.8 Å². The number of amidine groups is 1. The van der Waals surface area contributed by atoms with Gasteiger partial charge in [-0.05, 0) is 43.8 Å². The van der Waals surface area contributed by atoms with Crippen molar-refractivity contribution >= 4 is 12.6 Å². The molecule has 3 heteroatoms. The minimum atomic E-state index is -0.272. The molecule has 2 nitrogen and oxygen atoms in total. The molecule has 0 saturated carbocycles. The average Bonchev–Trinajstić information content (AvgIpc) is 2.31. The molecule has 0 saturated heterocycles. The van der Waals surface area contributed by atoms with Gasteiger partial charge < -0.3 is 0 Å². The van der Waals surface area contributed by atoms with E-state index >= 15 is 0 Å². The zero-order valence-electron chi connectivity index (χ0n) is 10.4. The molecule has 0 heterocycles. The van der Waals surface area contributed by atoms with Crippen LogP contribution in [0.2, 0.25) is 0 Å². The van der Waals surface area contributed by atoms with Crippen LogP contribution in [0.3, 0.4) is 0 Å². The molecular formula is C14H17FN2. The average molecular weight is 232 g/mol. The number of benzene rings is 1. The number of nitrogens with zero attached hydrogens (tertiary/aromatic N) is 2. The normalized spacial score (nSPS) is 13.0. The summed E-state index contributed by atoms with van der Waals surface area (Å²) in [7, 11) is 0. The summed E-state index contributed by atoms with van der Waals surface area (Å²) in [5.74, 6) is 0.675. The van der Waals surface area contributed by atoms with Gasteiger partial charge in [-0.1, -0.05) is 19.4 Å². The van der Waals surface area contributed by atoms with Crippen molar-refractivity contribution in [1.29, 1.82) is 0 Å². The van der Waals surface area contributed by atoms with Crippen molar-refractivity contribution in [2.24, 2.45) is 15.9 Å². The highest BCUT2D eigenvalue weighted by Crippen LogP contribution is 2.10. The predicted octanol–water partition coefficient (Wildman–Crippen LogP) is 3.83. The fourth-order valence-corrected chi connectivity index (χ4v) is 1.12. The minimum Gasteiger partial charge on any atom is -0.245 e. The Morgan fingerprint density at radius 3 is 2.35 bits per heavy atom. The third-order valence-corrected chi connectivity index (χ3v) is 2.55. The Balaban J connectivity index is 3.00. The van der Waals surface area contributed by atoms with Gasteiger partial charge in [-0.2, -0.15) is 0 Å². The second kappa shape index (κ2) is 6.09. The summed E-state index contributed by atoms with van der Waals surface area (Å²) in [6, 6.07) is 6.05. The lowest BCUT2D eigenvalue weighted by molar-refractivity contribution is 0.628. The van der Waals surface area contributed by atoms with Crippen molar-refractivity contribution in [3.05, 3.63) is 47.4 Å². The maximum atomic E-state index is 12.8. The molecular weight excluding hydrogens is 215 g/mol. The summed E-state index contributed by atoms with van der Waals surface area (Å²) in [5, 5.41) is 0. The molecule has 0 aromatic heterocycles. The van der Waals surface area contributed by atoms with E-state index in [1.807, 2.05) is 6.92 Å². The van der Waals surface area contributed by atoms with Gasteiger partial charge in [0.25, 0.3) is 0 Å². The van der Waals surface area contributed by atoms with E-state index in [1.54, 1.807) is 18.3 Å². The smallest absolute Gasteiger partial charge is 0.158 e. The first-order chi connectivity index (χ1) is 8.04. The first-order valence-corrected chi connectivity index (χ1v) is 5.51. The summed E-state index contributed by atoms with van der Waals surface area (Å²) < 4.78 is 12.8. The summed E-state index contributed by atoms with van der Waals surface area (Å²) in [6.45, 7) is 9.69. The third-order valence-electron chi connectivity index (χ3n) is 2.55. The van der Waals surface area contributed by atoms with Crippen LogP contribution in [0.5, 0.6) is 0 Å². The molecule has 0 radical (unpaired) electrons. The molecule has 1 aromatic rings. The van der Waals surface area contributed by atoms with E-state index in [2.05, 4.69) is 30.5 Å². The van der Waals surface area contributed by atoms with Crippen LogP contribution in [0, 0.1) is 11.7 Å². The highest BCUT2D eigenvalue weighted by atomic mass is 19.1. The van der Waals surface area contributed by atoms with Gasteiger partial charge in [-0.15, -0.1) is 0 Å². The molecule has 1 rings (SSSR count). The Labute approximate surface area is 102 Å². The highest BCUT2D eigenvalue weighted by molar-refractivity contribution is 6.01. The largest absolute Gasteiger partial charge is 0.245 e. The van der Waals surface area contributed by atoms with Gasteiger partial charge in [0.05, 0.1) is 0 Å². The standard InChI is InChI=1S/C14H17FN2/c1-10(2)11(3)9-17-14(16-4)12-5-7-13(15)8-6-12/h5-10H,4H2,1-3H3/b11-9+,17-14-. The predicted molar refractivity (Wildman–Crippen MR) is 71.1 cm³/mol. The fraction of sp³-hybridized carbons (Fsp3) is 0.286. The van der Waals surface area contributed by atoms with E-state index in [9.17, 15) is 4.39 Å². The maximum absolute atomic E-state index is 12.8. The molecule has 0 aliphatic carbocycles. The lowest BCUT2D eigenvalue weighted by Gasteiger charge is -2.03. The zero-order valence-corrected chi connectivity index (χ0v) is 10.4. The van der Waals surface area contributed by atoms with Gasteiger partial charge in [-0.3, -0.25) is 0 Å². The number of rotatable bonds is 3. The van der Waals surface area contributed by atoms with Crippen LogP contribution in [0.25, 0.3) is 0 Å². The molecule has 1 aromatic carbocycles. The Morgan fingerprint density at radius 1 is 1.29 bits per heavy atom. The van der Waals surface area contributed by atoms with E-state index < -0.39 is 0 Å². The van der Waals surface area contributed by atoms with E-state index in [4.69, 9.17) is 0 Å². The Morgan fingerprint density at radius 2 is 1.88 bits per heavy atom. The van der Waals surface area contributed by atoms with E-state index in [1.165, 1.54) is 12.1 Å². The number of aliphatic imine (C=N–C) groups is 2. The van der Waals surface area contributed by atoms with Gasteiger partial charge in [0.1, 0.15) is 5.82 Å². The van der Waals surface area contributed by atoms with Gasteiger partial charge in [0.2, 0.25) is 0 Å². The molecule has 17 heavy (non-hydrogen) atoms. The van der Waals surface area contributed by atoms with Crippen molar-refractivity contribution < 1.29 is 4.39 Å². The SMILES string of the molecule is C=N/C(=N\C=C(/C)C(C)C)c1ccc(F)cc1. The number of hydrogen-bond acceptors (Lipinski definition) is 1. The molecule has 0 aliphatic rings. The quantitative estimate of drug-likeness (QED) is 0.559. The molecule has 0 bridgehead atoms. The maximum Gasteiger partial charge on any atom is 0.158 e. The van der Waals surface area contributed by atoms with Crippen LogP contribution in [-0.2, 0) is 0 Å². The molecule has 0 amide bonds. The van der Waals surface area contributed by atoms with Gasteiger partial charge in [-0.25, -0.2) is 14.4 Å². The molecule has 0 atom stereocenters. The molecule has 0 fully saturated rings. The van der Waals surface area contributed by atoms with E-state index in [-0.39, 0.29) is 5.82 Å². The van der Waals surface area contributed by atoms with Gasteiger partial charge >= 0.3 is 0 Å². The van der Waals surface area contributed by atoms with Crippen molar-refractivity contribution in [2.75, 3.05) is 0 Å². The summed E-state index contributed by atoms with van der Waals surface area (Å²) in [4.78, 5) is 8.12. The van der Waals surface area contributed by atoms with E-state index in [0.717, 1.165) is 11.1 Å². The number of hydrogen-bond donors (Lipinski definition) is 0. The van der Waals surface area contributed by atoms with Crippen molar-refractivity contribution in [1.82, 2.24) is 0 Å². The molecule has 0 aliphatic heterocycles. The Kier molecular flexibility index (Phi) is 4.76. The van der Waals surface area contributed by atoms with Crippen LogP contribution in [0.4, 0.5) is 4.39 Å². The summed E-state index contributed by atoms with van der Waals surface area (Å²) in [5.41, 5.74) is 1.92. The number of allylic oxidation sites excluding steroid dienone is 1. The van der Waals surface area contributed by atoms with Crippen molar-refractivity contribution in [3.63, 3.8) is 0 Å². The second-order valence-corrected chi connectivity index (χ2v) is 4.15. The van der Waals surface area contributed by atoms with Gasteiger partial charge in [0.15, 0.2) is 5.84 Å². The summed E-state index contributed by atoms with van der Waals surface area (Å²) >= 11 is 0. The molecule has 0 N–H and O–H groups in total. The second-order valence-electron chi connectivity index (χ2n) is 4.15. The third kappa shape index (κ3) is 3.94.